The van der Waals surface area contributed by atoms with E-state index in [2.05, 4.69) is 10.3 Å². The summed E-state index contributed by atoms with van der Waals surface area (Å²) < 4.78 is 12.0. The molecule has 0 unspecified atom stereocenters. The van der Waals surface area contributed by atoms with Gasteiger partial charge in [-0.05, 0) is 0 Å². The van der Waals surface area contributed by atoms with Gasteiger partial charge in [-0.3, -0.25) is 4.99 Å². The molecule has 0 aromatic rings. The van der Waals surface area contributed by atoms with Crippen LogP contribution in [0.5, 0.6) is 0 Å². The summed E-state index contributed by atoms with van der Waals surface area (Å²) in [7, 11) is 3.09. The minimum atomic E-state index is -0.379. The van der Waals surface area contributed by atoms with Crippen LogP contribution < -0.4 is 5.32 Å². The minimum Gasteiger partial charge on any atom is -0.365 e. The smallest absolute Gasteiger partial charge is 0.188 e. The van der Waals surface area contributed by atoms with E-state index in [1.807, 2.05) is 0 Å². The van der Waals surface area contributed by atoms with E-state index in [0.717, 1.165) is 0 Å². The first kappa shape index (κ1) is 7.14. The van der Waals surface area contributed by atoms with E-state index in [1.54, 1.807) is 7.05 Å². The molecule has 0 aromatic heterocycles. The highest BCUT2D eigenvalue weighted by molar-refractivity contribution is 5.71. The summed E-state index contributed by atoms with van der Waals surface area (Å²) in [6.07, 6.45) is 2.63. The van der Waals surface area contributed by atoms with Gasteiger partial charge in [0.1, 0.15) is 0 Å². The van der Waals surface area contributed by atoms with Gasteiger partial charge in [0.15, 0.2) is 5.95 Å². The lowest BCUT2D eigenvalue weighted by atomic mass is 10.6. The summed E-state index contributed by atoms with van der Waals surface area (Å²) in [5.74, 6) is -0.379. The van der Waals surface area contributed by atoms with Gasteiger partial charge < -0.3 is 5.32 Å². The van der Waals surface area contributed by atoms with Gasteiger partial charge in [0, 0.05) is 26.4 Å². The lowest BCUT2D eigenvalue weighted by Crippen LogP contribution is -1.99. The van der Waals surface area contributed by atoms with Crippen LogP contribution in [-0.4, -0.2) is 20.3 Å². The number of nitrogens with zero attached hydrogens (tertiary/aromatic N) is 1. The van der Waals surface area contributed by atoms with E-state index in [4.69, 9.17) is 0 Å². The Morgan fingerprint density at radius 2 is 2.38 bits per heavy atom. The number of hydrogen-bond acceptors (Lipinski definition) is 2. The number of allylic oxidation sites excluding steroid dienone is 1. The predicted molar refractivity (Wildman–Crippen MR) is 32.7 cm³/mol. The van der Waals surface area contributed by atoms with Crippen LogP contribution in [0.2, 0.25) is 0 Å². The first-order valence-electron chi connectivity index (χ1n) is 2.27. The third-order valence-corrected chi connectivity index (χ3v) is 0.609. The summed E-state index contributed by atoms with van der Waals surface area (Å²) >= 11 is 0. The third-order valence-electron chi connectivity index (χ3n) is 0.609. The van der Waals surface area contributed by atoms with Crippen molar-refractivity contribution in [2.24, 2.45) is 4.99 Å². The van der Waals surface area contributed by atoms with Crippen molar-refractivity contribution in [2.45, 2.75) is 0 Å². The predicted octanol–water partition coefficient (Wildman–Crippen LogP) is 0.717. The van der Waals surface area contributed by atoms with Gasteiger partial charge in [-0.2, -0.15) is 4.39 Å². The average Bonchev–Trinajstić information content (AvgIpc) is 1.83. The molecule has 0 saturated heterocycles. The molecule has 0 radical (unpaired) electrons. The van der Waals surface area contributed by atoms with Crippen LogP contribution in [0.1, 0.15) is 0 Å². The highest BCUT2D eigenvalue weighted by Crippen LogP contribution is 1.83. The molecule has 0 aliphatic rings. The Hall–Kier alpha value is -0.860. The SMILES string of the molecule is CN=C/C=C(/F)NC. The third kappa shape index (κ3) is 3.33. The maximum absolute atomic E-state index is 12.0. The van der Waals surface area contributed by atoms with Crippen molar-refractivity contribution in [3.63, 3.8) is 0 Å². The fourth-order valence-electron chi connectivity index (χ4n) is 0.223. The standard InChI is InChI=1S/C5H9FN2/c1-7-4-3-5(6)8-2/h3-4,8H,1-2H3/b5-3-,7-4?. The van der Waals surface area contributed by atoms with Gasteiger partial charge >= 0.3 is 0 Å². The number of hydrogen-bond donors (Lipinski definition) is 1. The zero-order chi connectivity index (χ0) is 6.41. The van der Waals surface area contributed by atoms with Crippen LogP contribution in [0.15, 0.2) is 17.0 Å². The molecule has 0 aliphatic heterocycles. The largest absolute Gasteiger partial charge is 0.365 e. The number of aliphatic imine (C=N–C) groups is 1. The quantitative estimate of drug-likeness (QED) is 0.417. The van der Waals surface area contributed by atoms with Crippen LogP contribution in [0, 0.1) is 0 Å². The van der Waals surface area contributed by atoms with E-state index < -0.39 is 0 Å². The zero-order valence-corrected chi connectivity index (χ0v) is 4.98. The van der Waals surface area contributed by atoms with Crippen molar-refractivity contribution < 1.29 is 4.39 Å². The molecular weight excluding hydrogens is 107 g/mol. The molecule has 0 spiro atoms. The summed E-state index contributed by atoms with van der Waals surface area (Å²) in [4.78, 5) is 3.54. The Bertz CT molecular complexity index is 107. The fraction of sp³-hybridized carbons (Fsp3) is 0.400. The molecule has 0 aliphatic carbocycles. The maximum atomic E-state index is 12.0. The normalized spacial score (nSPS) is 12.6. The highest BCUT2D eigenvalue weighted by Gasteiger charge is 1.79. The summed E-state index contributed by atoms with van der Waals surface area (Å²) in [5, 5.41) is 2.30. The maximum Gasteiger partial charge on any atom is 0.188 e. The van der Waals surface area contributed by atoms with Gasteiger partial charge in [-0.1, -0.05) is 0 Å². The van der Waals surface area contributed by atoms with E-state index in [-0.39, 0.29) is 5.95 Å². The average molecular weight is 116 g/mol. The number of nitrogens with one attached hydrogen (secondary N) is 1. The summed E-state index contributed by atoms with van der Waals surface area (Å²) in [5.41, 5.74) is 0. The topological polar surface area (TPSA) is 24.4 Å². The Morgan fingerprint density at radius 3 is 2.75 bits per heavy atom. The Labute approximate surface area is 48.1 Å². The van der Waals surface area contributed by atoms with E-state index in [9.17, 15) is 4.39 Å². The Morgan fingerprint density at radius 1 is 1.75 bits per heavy atom. The first-order chi connectivity index (χ1) is 3.81. The Balaban J connectivity index is 3.57. The lowest BCUT2D eigenvalue weighted by molar-refractivity contribution is 0.575. The lowest BCUT2D eigenvalue weighted by Gasteiger charge is -1.87. The van der Waals surface area contributed by atoms with Crippen LogP contribution >= 0.6 is 0 Å². The van der Waals surface area contributed by atoms with Gasteiger partial charge in [0.2, 0.25) is 0 Å². The second kappa shape index (κ2) is 4.30. The highest BCUT2D eigenvalue weighted by atomic mass is 19.1. The van der Waals surface area contributed by atoms with Crippen LogP contribution in [0.4, 0.5) is 4.39 Å². The van der Waals surface area contributed by atoms with Crippen molar-refractivity contribution in [3.05, 3.63) is 12.0 Å². The molecule has 0 bridgehead atoms. The molecule has 3 heteroatoms. The summed E-state index contributed by atoms with van der Waals surface area (Å²) in [6.45, 7) is 0. The number of halogens is 1. The minimum absolute atomic E-state index is 0.379. The molecular formula is C5H9FN2. The monoisotopic (exact) mass is 116 g/mol. The molecule has 0 saturated carbocycles. The van der Waals surface area contributed by atoms with Gasteiger partial charge in [-0.15, -0.1) is 0 Å². The Kier molecular flexibility index (Phi) is 3.84. The van der Waals surface area contributed by atoms with E-state index >= 15 is 0 Å². The number of rotatable bonds is 2. The fourth-order valence-corrected chi connectivity index (χ4v) is 0.223. The molecule has 0 aromatic carbocycles. The van der Waals surface area contributed by atoms with Crippen molar-refractivity contribution >= 4 is 6.21 Å². The first-order valence-corrected chi connectivity index (χ1v) is 2.27. The second-order valence-electron chi connectivity index (χ2n) is 1.17. The van der Waals surface area contributed by atoms with Gasteiger partial charge in [0.05, 0.1) is 0 Å². The van der Waals surface area contributed by atoms with E-state index in [0.29, 0.717) is 0 Å². The van der Waals surface area contributed by atoms with Crippen LogP contribution in [0.3, 0.4) is 0 Å². The van der Waals surface area contributed by atoms with Crippen LogP contribution in [0.25, 0.3) is 0 Å². The molecule has 46 valence electrons. The molecule has 2 nitrogen and oxygen atoms in total. The van der Waals surface area contributed by atoms with E-state index in [1.165, 1.54) is 19.3 Å². The van der Waals surface area contributed by atoms with Gasteiger partial charge in [0.25, 0.3) is 0 Å². The molecule has 0 atom stereocenters. The van der Waals surface area contributed by atoms with Crippen molar-refractivity contribution in [1.82, 2.24) is 5.32 Å². The molecule has 0 amide bonds. The summed E-state index contributed by atoms with van der Waals surface area (Å²) in [6, 6.07) is 0. The molecule has 0 fully saturated rings. The molecule has 1 N–H and O–H groups in total. The van der Waals surface area contributed by atoms with Crippen molar-refractivity contribution in [1.29, 1.82) is 0 Å². The van der Waals surface area contributed by atoms with Crippen molar-refractivity contribution in [2.75, 3.05) is 14.1 Å². The molecule has 0 heterocycles. The van der Waals surface area contributed by atoms with Crippen molar-refractivity contribution in [3.8, 4) is 0 Å². The van der Waals surface area contributed by atoms with Crippen LogP contribution in [-0.2, 0) is 0 Å². The molecule has 8 heavy (non-hydrogen) atoms. The second-order valence-corrected chi connectivity index (χ2v) is 1.17. The van der Waals surface area contributed by atoms with Gasteiger partial charge in [-0.25, -0.2) is 0 Å². The molecule has 0 rings (SSSR count). The zero-order valence-electron chi connectivity index (χ0n) is 4.98.